The summed E-state index contributed by atoms with van der Waals surface area (Å²) in [4.78, 5) is 13.3. The summed E-state index contributed by atoms with van der Waals surface area (Å²) in [6.07, 6.45) is 3.99. The molecular formula is C13H26N2O2. The molecule has 2 unspecified atom stereocenters. The number of rotatable bonds is 6. The predicted molar refractivity (Wildman–Crippen MR) is 68.9 cm³/mol. The van der Waals surface area contributed by atoms with Crippen LogP contribution < -0.4 is 5.32 Å². The van der Waals surface area contributed by atoms with Gasteiger partial charge in [-0.1, -0.05) is 0 Å². The van der Waals surface area contributed by atoms with Gasteiger partial charge in [0, 0.05) is 19.0 Å². The molecular weight excluding hydrogens is 216 g/mol. The van der Waals surface area contributed by atoms with Gasteiger partial charge in [-0.2, -0.15) is 0 Å². The summed E-state index contributed by atoms with van der Waals surface area (Å²) in [6, 6.07) is 0.537. The molecule has 0 radical (unpaired) electrons. The lowest BCUT2D eigenvalue weighted by atomic mass is 9.92. The molecule has 0 spiro atoms. The molecule has 1 saturated heterocycles. The molecule has 1 N–H and O–H groups in total. The van der Waals surface area contributed by atoms with Gasteiger partial charge in [0.05, 0.1) is 7.11 Å². The SMILES string of the molecule is COC(=O)CCCNC(C)C1CCCN(C)C1. The zero-order chi connectivity index (χ0) is 12.7. The summed E-state index contributed by atoms with van der Waals surface area (Å²) in [5, 5.41) is 3.52. The summed E-state index contributed by atoms with van der Waals surface area (Å²) < 4.78 is 4.61. The topological polar surface area (TPSA) is 41.6 Å². The molecule has 100 valence electrons. The first-order chi connectivity index (χ1) is 8.13. The number of hydrogen-bond donors (Lipinski definition) is 1. The summed E-state index contributed by atoms with van der Waals surface area (Å²) in [7, 11) is 3.63. The molecule has 1 heterocycles. The third kappa shape index (κ3) is 5.50. The fourth-order valence-electron chi connectivity index (χ4n) is 2.45. The van der Waals surface area contributed by atoms with Crippen molar-refractivity contribution in [2.24, 2.45) is 5.92 Å². The Morgan fingerprint density at radius 1 is 1.59 bits per heavy atom. The van der Waals surface area contributed by atoms with Gasteiger partial charge in [-0.25, -0.2) is 0 Å². The fraction of sp³-hybridized carbons (Fsp3) is 0.923. The van der Waals surface area contributed by atoms with Crippen LogP contribution in [0.3, 0.4) is 0 Å². The number of piperidine rings is 1. The van der Waals surface area contributed by atoms with Crippen LogP contribution >= 0.6 is 0 Å². The molecule has 0 saturated carbocycles. The molecule has 1 aliphatic rings. The second kappa shape index (κ2) is 7.67. The first-order valence-electron chi connectivity index (χ1n) is 6.62. The number of nitrogens with one attached hydrogen (secondary N) is 1. The van der Waals surface area contributed by atoms with Crippen LogP contribution in [0.5, 0.6) is 0 Å². The van der Waals surface area contributed by atoms with Crippen molar-refractivity contribution in [3.05, 3.63) is 0 Å². The minimum Gasteiger partial charge on any atom is -0.469 e. The van der Waals surface area contributed by atoms with E-state index in [-0.39, 0.29) is 5.97 Å². The number of hydrogen-bond acceptors (Lipinski definition) is 4. The fourth-order valence-corrected chi connectivity index (χ4v) is 2.45. The summed E-state index contributed by atoms with van der Waals surface area (Å²) in [5.74, 6) is 0.628. The Bertz CT molecular complexity index is 233. The Kier molecular flexibility index (Phi) is 6.52. The number of nitrogens with zero attached hydrogens (tertiary/aromatic N) is 1. The largest absolute Gasteiger partial charge is 0.469 e. The summed E-state index contributed by atoms with van der Waals surface area (Å²) in [5.41, 5.74) is 0. The van der Waals surface area contributed by atoms with Crippen molar-refractivity contribution in [2.75, 3.05) is 33.8 Å². The first kappa shape index (κ1) is 14.5. The van der Waals surface area contributed by atoms with Crippen molar-refractivity contribution in [3.63, 3.8) is 0 Å². The van der Waals surface area contributed by atoms with Crippen LogP contribution in [0, 0.1) is 5.92 Å². The van der Waals surface area contributed by atoms with Crippen LogP contribution in [0.25, 0.3) is 0 Å². The number of carbonyl (C=O) groups excluding carboxylic acids is 1. The highest BCUT2D eigenvalue weighted by atomic mass is 16.5. The van der Waals surface area contributed by atoms with Gasteiger partial charge in [0.15, 0.2) is 0 Å². The van der Waals surface area contributed by atoms with E-state index in [1.165, 1.54) is 33.0 Å². The number of esters is 1. The third-order valence-electron chi connectivity index (χ3n) is 3.62. The van der Waals surface area contributed by atoms with Crippen molar-refractivity contribution < 1.29 is 9.53 Å². The number of ether oxygens (including phenoxy) is 1. The van der Waals surface area contributed by atoms with Gasteiger partial charge in [0.25, 0.3) is 0 Å². The van der Waals surface area contributed by atoms with Crippen molar-refractivity contribution in [3.8, 4) is 0 Å². The zero-order valence-electron chi connectivity index (χ0n) is 11.4. The third-order valence-corrected chi connectivity index (χ3v) is 3.62. The Balaban J connectivity index is 2.11. The van der Waals surface area contributed by atoms with E-state index in [1.807, 2.05) is 0 Å². The first-order valence-corrected chi connectivity index (χ1v) is 6.62. The number of carbonyl (C=O) groups is 1. The average Bonchev–Trinajstić information content (AvgIpc) is 2.34. The van der Waals surface area contributed by atoms with Crippen LogP contribution in [-0.4, -0.2) is 50.7 Å². The highest BCUT2D eigenvalue weighted by Gasteiger charge is 2.22. The normalized spacial score (nSPS) is 23.4. The second-order valence-electron chi connectivity index (χ2n) is 5.09. The summed E-state index contributed by atoms with van der Waals surface area (Å²) >= 11 is 0. The maximum absolute atomic E-state index is 10.9. The molecule has 0 aliphatic carbocycles. The molecule has 0 aromatic rings. The minimum absolute atomic E-state index is 0.114. The van der Waals surface area contributed by atoms with Crippen molar-refractivity contribution in [1.29, 1.82) is 0 Å². The van der Waals surface area contributed by atoms with Crippen LogP contribution in [-0.2, 0) is 9.53 Å². The lowest BCUT2D eigenvalue weighted by Crippen LogP contribution is -2.43. The molecule has 0 amide bonds. The molecule has 0 aromatic carbocycles. The van der Waals surface area contributed by atoms with E-state index in [9.17, 15) is 4.79 Å². The Hall–Kier alpha value is -0.610. The molecule has 17 heavy (non-hydrogen) atoms. The van der Waals surface area contributed by atoms with Crippen molar-refractivity contribution >= 4 is 5.97 Å². The lowest BCUT2D eigenvalue weighted by Gasteiger charge is -2.34. The molecule has 1 fully saturated rings. The monoisotopic (exact) mass is 242 g/mol. The van der Waals surface area contributed by atoms with E-state index >= 15 is 0 Å². The maximum Gasteiger partial charge on any atom is 0.305 e. The van der Waals surface area contributed by atoms with E-state index in [2.05, 4.69) is 28.9 Å². The Labute approximate surface area is 105 Å². The van der Waals surface area contributed by atoms with Crippen LogP contribution in [0.4, 0.5) is 0 Å². The number of likely N-dealkylation sites (tertiary alicyclic amines) is 1. The molecule has 0 aromatic heterocycles. The van der Waals surface area contributed by atoms with Gasteiger partial charge >= 0.3 is 5.97 Å². The molecule has 1 aliphatic heterocycles. The molecule has 4 heteroatoms. The van der Waals surface area contributed by atoms with Crippen LogP contribution in [0.1, 0.15) is 32.6 Å². The van der Waals surface area contributed by atoms with Crippen LogP contribution in [0.2, 0.25) is 0 Å². The smallest absolute Gasteiger partial charge is 0.305 e. The standard InChI is InChI=1S/C13H26N2O2/c1-11(12-6-5-9-15(2)10-12)14-8-4-7-13(16)17-3/h11-12,14H,4-10H2,1-3H3. The van der Waals surface area contributed by atoms with Gasteiger partial charge in [0.2, 0.25) is 0 Å². The average molecular weight is 242 g/mol. The predicted octanol–water partition coefficient (Wildman–Crippen LogP) is 1.26. The molecule has 1 rings (SSSR count). The van der Waals surface area contributed by atoms with Gasteiger partial charge in [-0.05, 0) is 52.2 Å². The van der Waals surface area contributed by atoms with E-state index in [4.69, 9.17) is 0 Å². The van der Waals surface area contributed by atoms with E-state index in [0.717, 1.165) is 18.9 Å². The van der Waals surface area contributed by atoms with Gasteiger partial charge in [-0.3, -0.25) is 4.79 Å². The van der Waals surface area contributed by atoms with Crippen LogP contribution in [0.15, 0.2) is 0 Å². The summed E-state index contributed by atoms with van der Waals surface area (Å²) in [6.45, 7) is 5.56. The zero-order valence-corrected chi connectivity index (χ0v) is 11.4. The van der Waals surface area contributed by atoms with E-state index in [1.54, 1.807) is 0 Å². The molecule has 0 bridgehead atoms. The highest BCUT2D eigenvalue weighted by molar-refractivity contribution is 5.69. The van der Waals surface area contributed by atoms with Crippen molar-refractivity contribution in [2.45, 2.75) is 38.6 Å². The second-order valence-corrected chi connectivity index (χ2v) is 5.09. The Morgan fingerprint density at radius 3 is 3.00 bits per heavy atom. The lowest BCUT2D eigenvalue weighted by molar-refractivity contribution is -0.140. The van der Waals surface area contributed by atoms with Gasteiger partial charge in [-0.15, -0.1) is 0 Å². The maximum atomic E-state index is 10.9. The minimum atomic E-state index is -0.114. The quantitative estimate of drug-likeness (QED) is 0.562. The molecule has 2 atom stereocenters. The Morgan fingerprint density at radius 2 is 2.35 bits per heavy atom. The van der Waals surface area contributed by atoms with Gasteiger partial charge < -0.3 is 15.0 Å². The van der Waals surface area contributed by atoms with E-state index < -0.39 is 0 Å². The number of methoxy groups -OCH3 is 1. The van der Waals surface area contributed by atoms with Gasteiger partial charge in [0.1, 0.15) is 0 Å². The van der Waals surface area contributed by atoms with E-state index in [0.29, 0.717) is 12.5 Å². The highest BCUT2D eigenvalue weighted by Crippen LogP contribution is 2.18. The van der Waals surface area contributed by atoms with Crippen molar-refractivity contribution in [1.82, 2.24) is 10.2 Å². The molecule has 4 nitrogen and oxygen atoms in total.